The van der Waals surface area contributed by atoms with Crippen LogP contribution in [0, 0.1) is 0 Å². The average molecular weight is 607 g/mol. The standard InChI is InChI=1S/C28H26BrF3N2O5/c29-22-8-2-19(3-9-22)16-27(26(36)33-17-20-4-10-24(11-5-20)39-28(30,31)32)18-38-25(34-27)21-6-12-23(13-7-21)37-15-1-14-35/h2-13,35H,1,14-18H2,(H,33,36)/t27-/m1/s1. The van der Waals surface area contributed by atoms with E-state index in [1.807, 2.05) is 24.3 Å². The lowest BCUT2D eigenvalue weighted by Crippen LogP contribution is -2.48. The number of hydrogen-bond acceptors (Lipinski definition) is 6. The molecular weight excluding hydrogens is 581 g/mol. The zero-order valence-corrected chi connectivity index (χ0v) is 22.3. The highest BCUT2D eigenvalue weighted by Gasteiger charge is 2.44. The molecule has 3 aromatic rings. The van der Waals surface area contributed by atoms with Crippen molar-refractivity contribution >= 4 is 27.7 Å². The largest absolute Gasteiger partial charge is 0.573 e. The number of aliphatic hydroxyl groups is 1. The number of nitrogens with one attached hydrogen (secondary N) is 1. The van der Waals surface area contributed by atoms with Crippen LogP contribution in [-0.2, 0) is 22.5 Å². The van der Waals surface area contributed by atoms with Crippen LogP contribution in [0.5, 0.6) is 11.5 Å². The van der Waals surface area contributed by atoms with Gasteiger partial charge in [-0.1, -0.05) is 40.2 Å². The molecule has 39 heavy (non-hydrogen) atoms. The first kappa shape index (κ1) is 28.4. The third-order valence-corrected chi connectivity index (χ3v) is 6.41. The maximum Gasteiger partial charge on any atom is 0.573 e. The minimum atomic E-state index is -4.78. The van der Waals surface area contributed by atoms with E-state index in [-0.39, 0.29) is 37.8 Å². The Morgan fingerprint density at radius 3 is 2.28 bits per heavy atom. The molecule has 0 saturated carbocycles. The molecule has 0 aliphatic carbocycles. The van der Waals surface area contributed by atoms with Crippen LogP contribution in [0.15, 0.2) is 82.3 Å². The van der Waals surface area contributed by atoms with Crippen LogP contribution < -0.4 is 14.8 Å². The molecule has 1 heterocycles. The Balaban J connectivity index is 1.51. The van der Waals surface area contributed by atoms with Crippen molar-refractivity contribution in [2.75, 3.05) is 19.8 Å². The number of aliphatic imine (C=N–C) groups is 1. The molecule has 206 valence electrons. The summed E-state index contributed by atoms with van der Waals surface area (Å²) in [6.45, 7) is 0.528. The molecule has 0 saturated heterocycles. The maximum absolute atomic E-state index is 13.5. The summed E-state index contributed by atoms with van der Waals surface area (Å²) >= 11 is 3.41. The fourth-order valence-corrected chi connectivity index (χ4v) is 4.19. The fourth-order valence-electron chi connectivity index (χ4n) is 3.93. The van der Waals surface area contributed by atoms with Crippen molar-refractivity contribution in [1.29, 1.82) is 0 Å². The van der Waals surface area contributed by atoms with Crippen LogP contribution in [0.3, 0.4) is 0 Å². The van der Waals surface area contributed by atoms with Crippen molar-refractivity contribution < 1.29 is 37.3 Å². The summed E-state index contributed by atoms with van der Waals surface area (Å²) in [6, 6.07) is 19.9. The number of aliphatic hydroxyl groups excluding tert-OH is 1. The summed E-state index contributed by atoms with van der Waals surface area (Å²) in [6.07, 6.45) is -3.98. The highest BCUT2D eigenvalue weighted by Crippen LogP contribution is 2.29. The van der Waals surface area contributed by atoms with E-state index in [4.69, 9.17) is 19.6 Å². The van der Waals surface area contributed by atoms with E-state index in [1.54, 1.807) is 24.3 Å². The summed E-state index contributed by atoms with van der Waals surface area (Å²) in [7, 11) is 0. The van der Waals surface area contributed by atoms with Gasteiger partial charge in [0.2, 0.25) is 5.90 Å². The molecule has 1 aliphatic heterocycles. The molecule has 2 N–H and O–H groups in total. The number of rotatable bonds is 11. The molecule has 1 aliphatic rings. The Kier molecular flexibility index (Phi) is 9.13. The van der Waals surface area contributed by atoms with Gasteiger partial charge in [-0.25, -0.2) is 4.99 Å². The molecule has 0 spiro atoms. The monoisotopic (exact) mass is 606 g/mol. The van der Waals surface area contributed by atoms with E-state index in [9.17, 15) is 18.0 Å². The normalized spacial score (nSPS) is 16.8. The molecule has 0 bridgehead atoms. The minimum absolute atomic E-state index is 0.0113. The molecule has 1 amide bonds. The quantitative estimate of drug-likeness (QED) is 0.294. The van der Waals surface area contributed by atoms with Crippen molar-refractivity contribution in [1.82, 2.24) is 5.32 Å². The number of nitrogens with zero attached hydrogens (tertiary/aromatic N) is 1. The Bertz CT molecular complexity index is 1280. The van der Waals surface area contributed by atoms with Gasteiger partial charge >= 0.3 is 6.36 Å². The van der Waals surface area contributed by atoms with Crippen LogP contribution in [0.1, 0.15) is 23.1 Å². The summed E-state index contributed by atoms with van der Waals surface area (Å²) in [5.41, 5.74) is 0.897. The second kappa shape index (κ2) is 12.5. The molecule has 1 atom stereocenters. The first-order chi connectivity index (χ1) is 18.7. The van der Waals surface area contributed by atoms with E-state index < -0.39 is 11.9 Å². The third kappa shape index (κ3) is 7.96. The molecule has 4 rings (SSSR count). The first-order valence-electron chi connectivity index (χ1n) is 12.1. The molecule has 0 aromatic heterocycles. The number of alkyl halides is 3. The Hall–Kier alpha value is -3.57. The minimum Gasteiger partial charge on any atom is -0.494 e. The van der Waals surface area contributed by atoms with Gasteiger partial charge in [0.25, 0.3) is 5.91 Å². The predicted molar refractivity (Wildman–Crippen MR) is 142 cm³/mol. The lowest BCUT2D eigenvalue weighted by Gasteiger charge is -2.23. The van der Waals surface area contributed by atoms with E-state index >= 15 is 0 Å². The van der Waals surface area contributed by atoms with Gasteiger partial charge in [-0.2, -0.15) is 0 Å². The smallest absolute Gasteiger partial charge is 0.494 e. The van der Waals surface area contributed by atoms with E-state index in [0.717, 1.165) is 10.0 Å². The molecule has 7 nitrogen and oxygen atoms in total. The zero-order chi connectivity index (χ0) is 27.9. The molecule has 11 heteroatoms. The van der Waals surface area contributed by atoms with E-state index in [2.05, 4.69) is 26.0 Å². The lowest BCUT2D eigenvalue weighted by atomic mass is 9.91. The number of amides is 1. The molecule has 3 aromatic carbocycles. The van der Waals surface area contributed by atoms with Crippen LogP contribution in [0.25, 0.3) is 0 Å². The zero-order valence-electron chi connectivity index (χ0n) is 20.7. The Morgan fingerprint density at radius 2 is 1.64 bits per heavy atom. The van der Waals surface area contributed by atoms with Crippen LogP contribution in [0.2, 0.25) is 0 Å². The number of benzene rings is 3. The summed E-state index contributed by atoms with van der Waals surface area (Å²) < 4.78 is 53.6. The van der Waals surface area contributed by atoms with Crippen molar-refractivity contribution in [3.8, 4) is 11.5 Å². The number of hydrogen-bond donors (Lipinski definition) is 2. The topological polar surface area (TPSA) is 89.4 Å². The number of halogens is 4. The second-order valence-corrected chi connectivity index (χ2v) is 9.78. The second-order valence-electron chi connectivity index (χ2n) is 8.86. The van der Waals surface area contributed by atoms with E-state index in [0.29, 0.717) is 35.8 Å². The average Bonchev–Trinajstić information content (AvgIpc) is 3.34. The summed E-state index contributed by atoms with van der Waals surface area (Å²) in [5, 5.41) is 11.8. The lowest BCUT2D eigenvalue weighted by molar-refractivity contribution is -0.274. The highest BCUT2D eigenvalue weighted by atomic mass is 79.9. The Labute approximate surface area is 231 Å². The molecule has 0 radical (unpaired) electrons. The molecule has 0 unspecified atom stereocenters. The number of carbonyl (C=O) groups excluding carboxylic acids is 1. The van der Waals surface area contributed by atoms with Gasteiger partial charge in [-0.3, -0.25) is 4.79 Å². The van der Waals surface area contributed by atoms with Crippen molar-refractivity contribution in [2.45, 2.75) is 31.3 Å². The van der Waals surface area contributed by atoms with Gasteiger partial charge in [0, 0.05) is 36.0 Å². The van der Waals surface area contributed by atoms with Gasteiger partial charge in [0.15, 0.2) is 5.54 Å². The van der Waals surface area contributed by atoms with Crippen molar-refractivity contribution in [3.63, 3.8) is 0 Å². The number of ether oxygens (including phenoxy) is 3. The van der Waals surface area contributed by atoms with Crippen LogP contribution >= 0.6 is 15.9 Å². The molecule has 0 fully saturated rings. The van der Waals surface area contributed by atoms with E-state index in [1.165, 1.54) is 24.3 Å². The summed E-state index contributed by atoms with van der Waals surface area (Å²) in [5.74, 6) is 0.238. The molecular formula is C28H26BrF3N2O5. The van der Waals surface area contributed by atoms with Gasteiger partial charge < -0.3 is 24.6 Å². The predicted octanol–water partition coefficient (Wildman–Crippen LogP) is 5.18. The van der Waals surface area contributed by atoms with Gasteiger partial charge in [-0.05, 0) is 59.7 Å². The van der Waals surface area contributed by atoms with Crippen LogP contribution in [-0.4, -0.2) is 48.6 Å². The van der Waals surface area contributed by atoms with Crippen LogP contribution in [0.4, 0.5) is 13.2 Å². The third-order valence-electron chi connectivity index (χ3n) is 5.88. The van der Waals surface area contributed by atoms with Gasteiger partial charge in [0.05, 0.1) is 6.61 Å². The van der Waals surface area contributed by atoms with Crippen molar-refractivity contribution in [2.24, 2.45) is 4.99 Å². The SMILES string of the molecule is O=C(NCc1ccc(OC(F)(F)F)cc1)[C@@]1(Cc2ccc(Br)cc2)COC(c2ccc(OCCCO)cc2)=N1. The van der Waals surface area contributed by atoms with Crippen molar-refractivity contribution in [3.05, 3.63) is 94.0 Å². The Morgan fingerprint density at radius 1 is 1.00 bits per heavy atom. The first-order valence-corrected chi connectivity index (χ1v) is 12.9. The fraction of sp³-hybridized carbons (Fsp3) is 0.286. The maximum atomic E-state index is 13.5. The number of carbonyl (C=O) groups is 1. The van der Waals surface area contributed by atoms with Gasteiger partial charge in [-0.15, -0.1) is 13.2 Å². The summed E-state index contributed by atoms with van der Waals surface area (Å²) in [4.78, 5) is 18.3. The highest BCUT2D eigenvalue weighted by molar-refractivity contribution is 9.10. The van der Waals surface area contributed by atoms with Gasteiger partial charge in [0.1, 0.15) is 18.1 Å².